The van der Waals surface area contributed by atoms with Crippen LogP contribution in [0.25, 0.3) is 0 Å². The van der Waals surface area contributed by atoms with Crippen molar-refractivity contribution in [1.29, 1.82) is 0 Å². The summed E-state index contributed by atoms with van der Waals surface area (Å²) >= 11 is 11.9. The molecule has 19 heavy (non-hydrogen) atoms. The number of hydrogen-bond donors (Lipinski definition) is 1. The maximum Gasteiger partial charge on any atom is 0.227 e. The molecule has 0 aliphatic carbocycles. The molecule has 1 aromatic rings. The number of hydrogen-bond acceptors (Lipinski definition) is 2. The smallest absolute Gasteiger partial charge is 0.227 e. The summed E-state index contributed by atoms with van der Waals surface area (Å²) in [7, 11) is 0. The normalized spacial score (nSPS) is 18.0. The van der Waals surface area contributed by atoms with Crippen LogP contribution in [0.3, 0.4) is 0 Å². The number of allylic oxidation sites excluding steroid dienone is 1. The largest absolute Gasteiger partial charge is 0.296 e. The van der Waals surface area contributed by atoms with Crippen molar-refractivity contribution in [2.45, 2.75) is 24.7 Å². The molecule has 0 aromatic heterocycles. The average molecular weight is 298 g/mol. The first kappa shape index (κ1) is 14.1. The molecule has 0 unspecified atom stereocenters. The zero-order valence-electron chi connectivity index (χ0n) is 10.2. The Morgan fingerprint density at radius 2 is 1.84 bits per heavy atom. The van der Waals surface area contributed by atoms with E-state index < -0.39 is 5.41 Å². The van der Waals surface area contributed by atoms with Crippen LogP contribution in [-0.2, 0) is 15.0 Å². The van der Waals surface area contributed by atoms with Gasteiger partial charge in [0.1, 0.15) is 0 Å². The van der Waals surface area contributed by atoms with Crippen LogP contribution in [0.4, 0.5) is 0 Å². The number of benzene rings is 1. The molecule has 1 aliphatic rings. The Hall–Kier alpha value is -1.32. The van der Waals surface area contributed by atoms with Crippen LogP contribution < -0.4 is 5.32 Å². The quantitative estimate of drug-likeness (QED) is 0.688. The second-order valence-electron chi connectivity index (χ2n) is 4.73. The first-order valence-corrected chi connectivity index (χ1v) is 6.61. The van der Waals surface area contributed by atoms with Gasteiger partial charge in [-0.05, 0) is 24.1 Å². The van der Waals surface area contributed by atoms with Crippen molar-refractivity contribution in [3.05, 3.63) is 46.5 Å². The maximum atomic E-state index is 11.7. The van der Waals surface area contributed by atoms with Gasteiger partial charge in [0.25, 0.3) is 0 Å². The highest BCUT2D eigenvalue weighted by Gasteiger charge is 2.40. The third-order valence-corrected chi connectivity index (χ3v) is 4.08. The second-order valence-corrected chi connectivity index (χ2v) is 5.54. The highest BCUT2D eigenvalue weighted by Crippen LogP contribution is 2.40. The molecule has 3 nitrogen and oxygen atoms in total. The van der Waals surface area contributed by atoms with E-state index in [2.05, 4.69) is 11.9 Å². The molecule has 1 aromatic carbocycles. The minimum atomic E-state index is -0.574. The fourth-order valence-corrected chi connectivity index (χ4v) is 2.79. The highest BCUT2D eigenvalue weighted by molar-refractivity contribution is 6.42. The fraction of sp³-hybridized carbons (Fsp3) is 0.286. The van der Waals surface area contributed by atoms with Gasteiger partial charge < -0.3 is 0 Å². The number of carbonyl (C=O) groups excluding carboxylic acids is 2. The topological polar surface area (TPSA) is 46.2 Å². The van der Waals surface area contributed by atoms with Gasteiger partial charge in [-0.1, -0.05) is 35.3 Å². The second kappa shape index (κ2) is 5.35. The van der Waals surface area contributed by atoms with Crippen LogP contribution in [-0.4, -0.2) is 11.8 Å². The van der Waals surface area contributed by atoms with E-state index in [1.54, 1.807) is 18.2 Å². The Kier molecular flexibility index (Phi) is 3.97. The van der Waals surface area contributed by atoms with Crippen LogP contribution in [0.5, 0.6) is 0 Å². The summed E-state index contributed by atoms with van der Waals surface area (Å²) in [6.45, 7) is 3.71. The summed E-state index contributed by atoms with van der Waals surface area (Å²) in [6.07, 6.45) is 2.73. The molecule has 1 fully saturated rings. The van der Waals surface area contributed by atoms with E-state index in [4.69, 9.17) is 23.2 Å². The Morgan fingerprint density at radius 1 is 1.21 bits per heavy atom. The van der Waals surface area contributed by atoms with Gasteiger partial charge in [0.2, 0.25) is 11.8 Å². The number of rotatable bonds is 3. The van der Waals surface area contributed by atoms with Crippen LogP contribution in [0, 0.1) is 0 Å². The molecule has 2 amide bonds. The zero-order chi connectivity index (χ0) is 14.0. The molecule has 0 bridgehead atoms. The number of piperidine rings is 1. The Bertz CT molecular complexity index is 538. The molecule has 1 N–H and O–H groups in total. The SMILES string of the molecule is C=CCC1(c2ccc(Cl)c(Cl)c2)CC(=O)NC(=O)C1. The first-order chi connectivity index (χ1) is 8.97. The van der Waals surface area contributed by atoms with E-state index in [1.807, 2.05) is 6.07 Å². The van der Waals surface area contributed by atoms with Gasteiger partial charge in [0.15, 0.2) is 0 Å². The monoisotopic (exact) mass is 297 g/mol. The molecule has 0 saturated carbocycles. The van der Waals surface area contributed by atoms with E-state index >= 15 is 0 Å². The van der Waals surface area contributed by atoms with Gasteiger partial charge in [-0.3, -0.25) is 14.9 Å². The summed E-state index contributed by atoms with van der Waals surface area (Å²) in [5, 5.41) is 3.18. The van der Waals surface area contributed by atoms with E-state index in [1.165, 1.54) is 0 Å². The molecular weight excluding hydrogens is 285 g/mol. The van der Waals surface area contributed by atoms with E-state index in [-0.39, 0.29) is 24.7 Å². The third-order valence-electron chi connectivity index (χ3n) is 3.34. The molecule has 0 radical (unpaired) electrons. The van der Waals surface area contributed by atoms with Crippen molar-refractivity contribution in [2.24, 2.45) is 0 Å². The summed E-state index contributed by atoms with van der Waals surface area (Å²) in [5.74, 6) is -0.548. The zero-order valence-corrected chi connectivity index (χ0v) is 11.7. The highest BCUT2D eigenvalue weighted by atomic mass is 35.5. The Morgan fingerprint density at radius 3 is 2.37 bits per heavy atom. The first-order valence-electron chi connectivity index (χ1n) is 5.86. The molecule has 1 saturated heterocycles. The van der Waals surface area contributed by atoms with Gasteiger partial charge >= 0.3 is 0 Å². The molecule has 100 valence electrons. The van der Waals surface area contributed by atoms with Crippen molar-refractivity contribution in [1.82, 2.24) is 5.32 Å². The summed E-state index contributed by atoms with van der Waals surface area (Å²) in [4.78, 5) is 23.3. The molecule has 0 atom stereocenters. The molecule has 5 heteroatoms. The van der Waals surface area contributed by atoms with Crippen molar-refractivity contribution in [2.75, 3.05) is 0 Å². The molecule has 1 aliphatic heterocycles. The van der Waals surface area contributed by atoms with Crippen LogP contribution in [0.2, 0.25) is 10.0 Å². The minimum absolute atomic E-state index is 0.239. The van der Waals surface area contributed by atoms with E-state index in [0.29, 0.717) is 16.5 Å². The number of amides is 2. The van der Waals surface area contributed by atoms with Crippen molar-refractivity contribution < 1.29 is 9.59 Å². The number of carbonyl (C=O) groups is 2. The molecular formula is C14H13Cl2NO2. The fourth-order valence-electron chi connectivity index (χ4n) is 2.49. The number of nitrogens with one attached hydrogen (secondary N) is 1. The van der Waals surface area contributed by atoms with Crippen molar-refractivity contribution in [3.8, 4) is 0 Å². The Labute approximate surface area is 121 Å². The van der Waals surface area contributed by atoms with Crippen LogP contribution in [0.1, 0.15) is 24.8 Å². The average Bonchev–Trinajstić information content (AvgIpc) is 2.31. The van der Waals surface area contributed by atoms with Gasteiger partial charge in [0, 0.05) is 18.3 Å². The third kappa shape index (κ3) is 2.82. The lowest BCUT2D eigenvalue weighted by molar-refractivity contribution is -0.135. The minimum Gasteiger partial charge on any atom is -0.296 e. The Balaban J connectivity index is 2.48. The van der Waals surface area contributed by atoms with Gasteiger partial charge in [-0.15, -0.1) is 6.58 Å². The maximum absolute atomic E-state index is 11.7. The predicted molar refractivity (Wildman–Crippen MR) is 75.3 cm³/mol. The number of halogens is 2. The lowest BCUT2D eigenvalue weighted by Gasteiger charge is -2.35. The van der Waals surface area contributed by atoms with Crippen molar-refractivity contribution >= 4 is 35.0 Å². The summed E-state index contributed by atoms with van der Waals surface area (Å²) < 4.78 is 0. The predicted octanol–water partition coefficient (Wildman–Crippen LogP) is 3.24. The summed E-state index contributed by atoms with van der Waals surface area (Å²) in [6, 6.07) is 5.21. The lowest BCUT2D eigenvalue weighted by Crippen LogP contribution is -2.46. The van der Waals surface area contributed by atoms with E-state index in [0.717, 1.165) is 5.56 Å². The van der Waals surface area contributed by atoms with Crippen molar-refractivity contribution in [3.63, 3.8) is 0 Å². The van der Waals surface area contributed by atoms with Crippen LogP contribution in [0.15, 0.2) is 30.9 Å². The standard InChI is InChI=1S/C14H13Cl2NO2/c1-2-5-14(7-12(18)17-13(19)8-14)9-3-4-10(15)11(16)6-9/h2-4,6H,1,5,7-8H2,(H,17,18,19). The van der Waals surface area contributed by atoms with Crippen LogP contribution >= 0.6 is 23.2 Å². The van der Waals surface area contributed by atoms with Gasteiger partial charge in [-0.25, -0.2) is 0 Å². The molecule has 2 rings (SSSR count). The lowest BCUT2D eigenvalue weighted by atomic mass is 9.70. The van der Waals surface area contributed by atoms with E-state index in [9.17, 15) is 9.59 Å². The molecule has 1 heterocycles. The van der Waals surface area contributed by atoms with Gasteiger partial charge in [-0.2, -0.15) is 0 Å². The number of imide groups is 1. The summed E-state index contributed by atoms with van der Waals surface area (Å²) in [5.41, 5.74) is 0.264. The molecule has 0 spiro atoms. The van der Waals surface area contributed by atoms with Gasteiger partial charge in [0.05, 0.1) is 10.0 Å².